The van der Waals surface area contributed by atoms with Crippen LogP contribution in [0.1, 0.15) is 6.42 Å². The zero-order chi connectivity index (χ0) is 15.4. The van der Waals surface area contributed by atoms with Crippen LogP contribution in [0.5, 0.6) is 0 Å². The third-order valence-electron chi connectivity index (χ3n) is 3.05. The average Bonchev–Trinajstić information content (AvgIpc) is 2.48. The third kappa shape index (κ3) is 3.18. The van der Waals surface area contributed by atoms with Gasteiger partial charge in [-0.3, -0.25) is 24.6 Å². The Morgan fingerprint density at radius 1 is 1.33 bits per heavy atom. The van der Waals surface area contributed by atoms with Crippen molar-refractivity contribution in [3.8, 4) is 0 Å². The number of anilines is 1. The second-order valence-electron chi connectivity index (χ2n) is 4.51. The fourth-order valence-corrected chi connectivity index (χ4v) is 1.94. The van der Waals surface area contributed by atoms with Crippen molar-refractivity contribution in [2.24, 2.45) is 5.73 Å². The molecule has 8 heteroatoms. The summed E-state index contributed by atoms with van der Waals surface area (Å²) in [6, 6.07) is 3.86. The predicted molar refractivity (Wildman–Crippen MR) is 78.3 cm³/mol. The Morgan fingerprint density at radius 3 is 2.76 bits per heavy atom. The Hall–Kier alpha value is -2.45. The number of nitrogens with two attached hydrogens (primary N) is 1. The predicted octanol–water partition coefficient (Wildman–Crippen LogP) is -0.481. The van der Waals surface area contributed by atoms with Gasteiger partial charge in [-0.2, -0.15) is 0 Å². The first-order chi connectivity index (χ1) is 10.0. The molecule has 1 unspecified atom stereocenters. The topological polar surface area (TPSA) is 130 Å². The number of methoxy groups -OCH3 is 1. The quantitative estimate of drug-likeness (QED) is 0.591. The second-order valence-corrected chi connectivity index (χ2v) is 4.51. The minimum atomic E-state index is -0.763. The van der Waals surface area contributed by atoms with Crippen LogP contribution < -0.4 is 22.2 Å². The number of amides is 1. The maximum atomic E-state index is 12.0. The van der Waals surface area contributed by atoms with Crippen LogP contribution in [0, 0.1) is 0 Å². The Labute approximate surface area is 119 Å². The molecular formula is C13H16N4O4. The van der Waals surface area contributed by atoms with Gasteiger partial charge >= 0.3 is 0 Å². The van der Waals surface area contributed by atoms with E-state index in [0.717, 1.165) is 0 Å². The van der Waals surface area contributed by atoms with Gasteiger partial charge in [-0.25, -0.2) is 0 Å². The van der Waals surface area contributed by atoms with Gasteiger partial charge < -0.3 is 15.8 Å². The molecule has 2 rings (SSSR count). The van der Waals surface area contributed by atoms with Gasteiger partial charge in [0.05, 0.1) is 22.5 Å². The van der Waals surface area contributed by atoms with Crippen molar-refractivity contribution in [2.45, 2.75) is 12.5 Å². The molecule has 0 radical (unpaired) electrons. The Morgan fingerprint density at radius 2 is 2.05 bits per heavy atom. The fourth-order valence-electron chi connectivity index (χ4n) is 1.94. The summed E-state index contributed by atoms with van der Waals surface area (Å²) in [5, 5.41) is 7.34. The molecule has 0 bridgehead atoms. The van der Waals surface area contributed by atoms with E-state index in [0.29, 0.717) is 13.0 Å². The van der Waals surface area contributed by atoms with Crippen molar-refractivity contribution in [1.82, 2.24) is 10.2 Å². The summed E-state index contributed by atoms with van der Waals surface area (Å²) < 4.78 is 4.86. The van der Waals surface area contributed by atoms with Crippen LogP contribution >= 0.6 is 0 Å². The van der Waals surface area contributed by atoms with Gasteiger partial charge in [-0.05, 0) is 18.6 Å². The van der Waals surface area contributed by atoms with Gasteiger partial charge in [0.25, 0.3) is 11.1 Å². The van der Waals surface area contributed by atoms with E-state index in [1.807, 2.05) is 0 Å². The molecule has 0 aliphatic carbocycles. The molecule has 1 amide bonds. The number of aromatic nitrogens is 2. The summed E-state index contributed by atoms with van der Waals surface area (Å²) in [7, 11) is 1.52. The molecule has 1 aromatic carbocycles. The maximum Gasteiger partial charge on any atom is 0.272 e. The van der Waals surface area contributed by atoms with Gasteiger partial charge in [0.15, 0.2) is 0 Å². The van der Waals surface area contributed by atoms with Crippen molar-refractivity contribution in [2.75, 3.05) is 19.0 Å². The number of benzene rings is 1. The molecule has 5 N–H and O–H groups in total. The molecule has 112 valence electrons. The van der Waals surface area contributed by atoms with Crippen molar-refractivity contribution in [3.05, 3.63) is 38.9 Å². The van der Waals surface area contributed by atoms with Crippen LogP contribution in [-0.2, 0) is 9.53 Å². The van der Waals surface area contributed by atoms with E-state index in [1.165, 1.54) is 19.2 Å². The lowest BCUT2D eigenvalue weighted by atomic mass is 10.1. The zero-order valence-electron chi connectivity index (χ0n) is 11.4. The number of rotatable bonds is 5. The van der Waals surface area contributed by atoms with Crippen molar-refractivity contribution < 1.29 is 9.53 Å². The van der Waals surface area contributed by atoms with Crippen molar-refractivity contribution >= 4 is 22.4 Å². The average molecular weight is 292 g/mol. The SMILES string of the molecule is COCCC(N)C(=O)Nc1cccc2c(=O)[nH][nH]c(=O)c12. The highest BCUT2D eigenvalue weighted by Crippen LogP contribution is 2.16. The van der Waals surface area contributed by atoms with E-state index in [4.69, 9.17) is 10.5 Å². The number of H-pyrrole nitrogens is 2. The highest BCUT2D eigenvalue weighted by Gasteiger charge is 2.16. The lowest BCUT2D eigenvalue weighted by Gasteiger charge is -2.12. The largest absolute Gasteiger partial charge is 0.385 e. The third-order valence-corrected chi connectivity index (χ3v) is 3.05. The van der Waals surface area contributed by atoms with Gasteiger partial charge in [0.2, 0.25) is 5.91 Å². The number of carbonyl (C=O) groups is 1. The molecule has 0 aliphatic heterocycles. The molecular weight excluding hydrogens is 276 g/mol. The number of ether oxygens (including phenoxy) is 1. The summed E-state index contributed by atoms with van der Waals surface area (Å²) in [5.74, 6) is -0.445. The van der Waals surface area contributed by atoms with Crippen LogP contribution in [0.4, 0.5) is 5.69 Å². The van der Waals surface area contributed by atoms with Crippen LogP contribution in [0.2, 0.25) is 0 Å². The van der Waals surface area contributed by atoms with Crippen LogP contribution in [0.25, 0.3) is 10.8 Å². The minimum Gasteiger partial charge on any atom is -0.385 e. The van der Waals surface area contributed by atoms with Gasteiger partial charge in [-0.15, -0.1) is 0 Å². The molecule has 0 saturated carbocycles. The molecule has 21 heavy (non-hydrogen) atoms. The summed E-state index contributed by atoms with van der Waals surface area (Å²) in [6.45, 7) is 0.352. The van der Waals surface area contributed by atoms with Gasteiger partial charge in [0.1, 0.15) is 0 Å². The lowest BCUT2D eigenvalue weighted by molar-refractivity contribution is -0.117. The minimum absolute atomic E-state index is 0.119. The Balaban J connectivity index is 2.35. The standard InChI is InChI=1S/C13H16N4O4/c1-21-6-5-8(14)12(19)15-9-4-2-3-7-10(9)13(20)17-16-11(7)18/h2-4,8H,5-6,14H2,1H3,(H,15,19)(H,16,18)(H,17,20). The zero-order valence-corrected chi connectivity index (χ0v) is 11.4. The molecule has 0 saturated heterocycles. The summed E-state index contributed by atoms with van der Waals surface area (Å²) in [5.41, 5.74) is 5.03. The Kier molecular flexibility index (Phi) is 4.51. The van der Waals surface area contributed by atoms with Gasteiger partial charge in [-0.1, -0.05) is 6.07 Å². The van der Waals surface area contributed by atoms with E-state index in [-0.39, 0.29) is 16.5 Å². The molecule has 2 aromatic rings. The molecule has 1 heterocycles. The number of carbonyl (C=O) groups excluding carboxylic acids is 1. The van der Waals surface area contributed by atoms with E-state index in [2.05, 4.69) is 15.5 Å². The number of fused-ring (bicyclic) bond motifs is 1. The highest BCUT2D eigenvalue weighted by molar-refractivity contribution is 6.03. The van der Waals surface area contributed by atoms with Crippen LogP contribution in [-0.4, -0.2) is 35.9 Å². The van der Waals surface area contributed by atoms with E-state index in [9.17, 15) is 14.4 Å². The molecule has 8 nitrogen and oxygen atoms in total. The first kappa shape index (κ1) is 14.9. The molecule has 0 fully saturated rings. The summed E-state index contributed by atoms with van der Waals surface area (Å²) in [6.07, 6.45) is 0.351. The van der Waals surface area contributed by atoms with E-state index in [1.54, 1.807) is 6.07 Å². The fraction of sp³-hybridized carbons (Fsp3) is 0.308. The summed E-state index contributed by atoms with van der Waals surface area (Å²) >= 11 is 0. The first-order valence-corrected chi connectivity index (χ1v) is 6.33. The molecule has 1 atom stereocenters. The number of nitrogens with one attached hydrogen (secondary N) is 3. The Bertz CT molecular complexity index is 765. The lowest BCUT2D eigenvalue weighted by Crippen LogP contribution is -2.36. The normalized spacial score (nSPS) is 12.3. The second kappa shape index (κ2) is 6.33. The summed E-state index contributed by atoms with van der Waals surface area (Å²) in [4.78, 5) is 35.5. The number of hydrogen-bond acceptors (Lipinski definition) is 5. The first-order valence-electron chi connectivity index (χ1n) is 6.33. The molecule has 0 spiro atoms. The number of aromatic amines is 2. The van der Waals surface area contributed by atoms with Crippen molar-refractivity contribution in [3.63, 3.8) is 0 Å². The van der Waals surface area contributed by atoms with Crippen molar-refractivity contribution in [1.29, 1.82) is 0 Å². The highest BCUT2D eigenvalue weighted by atomic mass is 16.5. The maximum absolute atomic E-state index is 12.0. The van der Waals surface area contributed by atoms with E-state index >= 15 is 0 Å². The number of hydrogen-bond donors (Lipinski definition) is 4. The molecule has 1 aromatic heterocycles. The smallest absolute Gasteiger partial charge is 0.272 e. The molecule has 0 aliphatic rings. The monoisotopic (exact) mass is 292 g/mol. The van der Waals surface area contributed by atoms with Crippen LogP contribution in [0.15, 0.2) is 27.8 Å². The van der Waals surface area contributed by atoms with Crippen LogP contribution in [0.3, 0.4) is 0 Å². The van der Waals surface area contributed by atoms with E-state index < -0.39 is 23.1 Å². The van der Waals surface area contributed by atoms with Gasteiger partial charge in [0, 0.05) is 13.7 Å².